The molecule has 0 amide bonds. The van der Waals surface area contributed by atoms with E-state index < -0.39 is 5.97 Å². The van der Waals surface area contributed by atoms with Gasteiger partial charge in [-0.15, -0.1) is 0 Å². The van der Waals surface area contributed by atoms with Crippen LogP contribution in [0.1, 0.15) is 10.4 Å². The Labute approximate surface area is 154 Å². The Hall–Kier alpha value is -3.39. The Morgan fingerprint density at radius 2 is 1.89 bits per heavy atom. The van der Waals surface area contributed by atoms with Crippen molar-refractivity contribution in [3.63, 3.8) is 0 Å². The van der Waals surface area contributed by atoms with E-state index in [-0.39, 0.29) is 18.8 Å². The molecular weight excluding hydrogens is 352 g/mol. The van der Waals surface area contributed by atoms with Crippen LogP contribution in [0.25, 0.3) is 22.3 Å². The van der Waals surface area contributed by atoms with Crippen LogP contribution >= 0.6 is 0 Å². The van der Waals surface area contributed by atoms with Crippen LogP contribution in [0, 0.1) is 0 Å². The molecule has 0 fully saturated rings. The van der Waals surface area contributed by atoms with Gasteiger partial charge in [0.2, 0.25) is 0 Å². The van der Waals surface area contributed by atoms with Crippen LogP contribution in [0.4, 0.5) is 0 Å². The monoisotopic (exact) mass is 370 g/mol. The molecule has 0 bridgehead atoms. The van der Waals surface area contributed by atoms with E-state index in [2.05, 4.69) is 9.97 Å². The molecule has 0 aliphatic heterocycles. The van der Waals surface area contributed by atoms with Gasteiger partial charge in [-0.25, -0.2) is 9.78 Å². The highest BCUT2D eigenvalue weighted by atomic mass is 16.5. The average molecular weight is 370 g/mol. The lowest BCUT2D eigenvalue weighted by Crippen LogP contribution is -2.11. The number of carbonyl (C=O) groups is 1. The van der Waals surface area contributed by atoms with Gasteiger partial charge in [-0.1, -0.05) is 12.1 Å². The van der Waals surface area contributed by atoms with E-state index in [0.29, 0.717) is 39.4 Å². The summed E-state index contributed by atoms with van der Waals surface area (Å²) in [5, 5.41) is 9.03. The molecule has 3 aromatic rings. The summed E-state index contributed by atoms with van der Waals surface area (Å²) in [7, 11) is 2.99. The minimum Gasteiger partial charge on any atom is -0.497 e. The summed E-state index contributed by atoms with van der Waals surface area (Å²) in [4.78, 5) is 31.5. The van der Waals surface area contributed by atoms with Crippen LogP contribution in [-0.4, -0.2) is 48.5 Å². The first-order chi connectivity index (χ1) is 13.1. The Morgan fingerprint density at radius 1 is 1.15 bits per heavy atom. The number of aliphatic hydroxyl groups is 1. The zero-order chi connectivity index (χ0) is 19.4. The molecule has 0 radical (unpaired) electrons. The smallest absolute Gasteiger partial charge is 0.338 e. The number of aromatic amines is 1. The molecule has 0 aliphatic rings. The van der Waals surface area contributed by atoms with Crippen molar-refractivity contribution in [2.45, 2.75) is 0 Å². The SMILES string of the molecule is COc1cc(OC)c2c(=O)[nH]c(-c3ccc(C(=O)OCCO)cc3)nc2c1. The van der Waals surface area contributed by atoms with E-state index in [1.807, 2.05) is 0 Å². The molecule has 0 atom stereocenters. The second kappa shape index (κ2) is 7.88. The third-order valence-electron chi connectivity index (χ3n) is 3.92. The molecule has 2 aromatic carbocycles. The molecule has 8 heteroatoms. The van der Waals surface area contributed by atoms with Crippen molar-refractivity contribution < 1.29 is 24.1 Å². The molecule has 1 aromatic heterocycles. The fourth-order valence-electron chi connectivity index (χ4n) is 2.61. The van der Waals surface area contributed by atoms with Gasteiger partial charge in [0.25, 0.3) is 5.56 Å². The van der Waals surface area contributed by atoms with Gasteiger partial charge in [0.05, 0.1) is 31.9 Å². The fourth-order valence-corrected chi connectivity index (χ4v) is 2.61. The number of hydrogen-bond donors (Lipinski definition) is 2. The fraction of sp³-hybridized carbons (Fsp3) is 0.211. The van der Waals surface area contributed by atoms with Gasteiger partial charge in [-0.05, 0) is 12.1 Å². The number of methoxy groups -OCH3 is 2. The second-order valence-electron chi connectivity index (χ2n) is 5.58. The molecule has 8 nitrogen and oxygen atoms in total. The highest BCUT2D eigenvalue weighted by molar-refractivity contribution is 5.90. The molecule has 0 saturated carbocycles. The molecule has 0 saturated heterocycles. The molecule has 2 N–H and O–H groups in total. The van der Waals surface area contributed by atoms with E-state index in [1.54, 1.807) is 36.4 Å². The Kier molecular flexibility index (Phi) is 5.37. The molecule has 3 rings (SSSR count). The minimum absolute atomic E-state index is 0.0657. The number of H-pyrrole nitrogens is 1. The summed E-state index contributed by atoms with van der Waals surface area (Å²) in [6.07, 6.45) is 0. The second-order valence-corrected chi connectivity index (χ2v) is 5.58. The van der Waals surface area contributed by atoms with E-state index in [4.69, 9.17) is 19.3 Å². The molecule has 0 unspecified atom stereocenters. The topological polar surface area (TPSA) is 111 Å². The molecule has 1 heterocycles. The van der Waals surface area contributed by atoms with Crippen LogP contribution < -0.4 is 15.0 Å². The number of nitrogens with one attached hydrogen (secondary N) is 1. The summed E-state index contributed by atoms with van der Waals surface area (Å²) < 4.78 is 15.3. The zero-order valence-electron chi connectivity index (χ0n) is 14.8. The van der Waals surface area contributed by atoms with Crippen molar-refractivity contribution in [2.24, 2.45) is 0 Å². The lowest BCUT2D eigenvalue weighted by Gasteiger charge is -2.09. The van der Waals surface area contributed by atoms with Crippen LogP contribution in [0.3, 0.4) is 0 Å². The highest BCUT2D eigenvalue weighted by Gasteiger charge is 2.14. The summed E-state index contributed by atoms with van der Waals surface area (Å²) in [6.45, 7) is -0.303. The first-order valence-corrected chi connectivity index (χ1v) is 8.12. The number of ether oxygens (including phenoxy) is 3. The quantitative estimate of drug-likeness (QED) is 0.636. The predicted molar refractivity (Wildman–Crippen MR) is 98.3 cm³/mol. The predicted octanol–water partition coefficient (Wildman–Crippen LogP) is 1.76. The number of rotatable bonds is 6. The minimum atomic E-state index is -0.537. The maximum Gasteiger partial charge on any atom is 0.338 e. The van der Waals surface area contributed by atoms with Crippen molar-refractivity contribution in [3.8, 4) is 22.9 Å². The van der Waals surface area contributed by atoms with Crippen LogP contribution in [0.5, 0.6) is 11.5 Å². The van der Waals surface area contributed by atoms with Crippen molar-refractivity contribution in [3.05, 3.63) is 52.3 Å². The van der Waals surface area contributed by atoms with Gasteiger partial charge in [-0.2, -0.15) is 0 Å². The summed E-state index contributed by atoms with van der Waals surface area (Å²) in [5.41, 5.74) is 1.03. The lowest BCUT2D eigenvalue weighted by atomic mass is 10.1. The highest BCUT2D eigenvalue weighted by Crippen LogP contribution is 2.28. The largest absolute Gasteiger partial charge is 0.497 e. The molecule has 0 aliphatic carbocycles. The van der Waals surface area contributed by atoms with Crippen molar-refractivity contribution >= 4 is 16.9 Å². The molecule has 140 valence electrons. The van der Waals surface area contributed by atoms with Crippen molar-refractivity contribution in [1.29, 1.82) is 0 Å². The van der Waals surface area contributed by atoms with Crippen LogP contribution in [-0.2, 0) is 4.74 Å². The van der Waals surface area contributed by atoms with E-state index in [0.717, 1.165) is 0 Å². The number of hydrogen-bond acceptors (Lipinski definition) is 7. The summed E-state index contributed by atoms with van der Waals surface area (Å²) in [6, 6.07) is 9.69. The number of esters is 1. The van der Waals surface area contributed by atoms with E-state index in [9.17, 15) is 9.59 Å². The molecular formula is C19H18N2O6. The summed E-state index contributed by atoms with van der Waals surface area (Å²) >= 11 is 0. The number of aliphatic hydroxyl groups excluding tert-OH is 1. The number of carbonyl (C=O) groups excluding carboxylic acids is 1. The maximum absolute atomic E-state index is 12.5. The Balaban J connectivity index is 2.02. The first-order valence-electron chi connectivity index (χ1n) is 8.12. The van der Waals surface area contributed by atoms with Gasteiger partial charge in [0.15, 0.2) is 0 Å². The zero-order valence-corrected chi connectivity index (χ0v) is 14.8. The lowest BCUT2D eigenvalue weighted by molar-refractivity contribution is 0.0434. The van der Waals surface area contributed by atoms with Crippen molar-refractivity contribution in [2.75, 3.05) is 27.4 Å². The standard InChI is InChI=1S/C19H18N2O6/c1-25-13-9-14-16(15(10-13)26-2)18(23)21-17(20-14)11-3-5-12(6-4-11)19(24)27-8-7-22/h3-6,9-10,22H,7-8H2,1-2H3,(H,20,21,23). The summed E-state index contributed by atoms with van der Waals surface area (Å²) in [5.74, 6) is 0.695. The Bertz CT molecular complexity index is 1030. The number of fused-ring (bicyclic) bond motifs is 1. The number of nitrogens with zero attached hydrogens (tertiary/aromatic N) is 1. The third-order valence-corrected chi connectivity index (χ3v) is 3.92. The van der Waals surface area contributed by atoms with Gasteiger partial charge in [0.1, 0.15) is 29.3 Å². The van der Waals surface area contributed by atoms with Gasteiger partial charge >= 0.3 is 5.97 Å². The third kappa shape index (κ3) is 3.75. The first kappa shape index (κ1) is 18.4. The van der Waals surface area contributed by atoms with Gasteiger partial charge in [-0.3, -0.25) is 4.79 Å². The Morgan fingerprint density at radius 3 is 2.52 bits per heavy atom. The maximum atomic E-state index is 12.5. The van der Waals surface area contributed by atoms with Crippen LogP contribution in [0.15, 0.2) is 41.2 Å². The molecule has 27 heavy (non-hydrogen) atoms. The normalized spacial score (nSPS) is 10.6. The average Bonchev–Trinajstić information content (AvgIpc) is 2.70. The van der Waals surface area contributed by atoms with Crippen LogP contribution in [0.2, 0.25) is 0 Å². The van der Waals surface area contributed by atoms with E-state index in [1.165, 1.54) is 14.2 Å². The number of aromatic nitrogens is 2. The van der Waals surface area contributed by atoms with E-state index >= 15 is 0 Å². The van der Waals surface area contributed by atoms with Crippen molar-refractivity contribution in [1.82, 2.24) is 9.97 Å². The molecule has 0 spiro atoms. The van der Waals surface area contributed by atoms with Gasteiger partial charge < -0.3 is 24.3 Å². The van der Waals surface area contributed by atoms with Gasteiger partial charge in [0, 0.05) is 17.7 Å². The number of benzene rings is 2.